The first-order valence-electron chi connectivity index (χ1n) is 4.35. The van der Waals surface area contributed by atoms with Crippen LogP contribution in [0.3, 0.4) is 0 Å². The van der Waals surface area contributed by atoms with E-state index in [9.17, 15) is 0 Å². The van der Waals surface area contributed by atoms with Crippen LogP contribution in [0.25, 0.3) is 5.69 Å². The summed E-state index contributed by atoms with van der Waals surface area (Å²) in [4.78, 5) is 0. The lowest BCUT2D eigenvalue weighted by atomic mass is 10.3. The van der Waals surface area contributed by atoms with E-state index in [-0.39, 0.29) is 6.61 Å². The second-order valence-corrected chi connectivity index (χ2v) is 2.82. The predicted octanol–water partition coefficient (Wildman–Crippen LogP) is 0.197. The molecule has 14 heavy (non-hydrogen) atoms. The molecule has 1 aromatic carbocycles. The van der Waals surface area contributed by atoms with Gasteiger partial charge in [0.1, 0.15) is 0 Å². The molecule has 0 amide bonds. The van der Waals surface area contributed by atoms with Gasteiger partial charge in [0.25, 0.3) is 0 Å². The van der Waals surface area contributed by atoms with Crippen LogP contribution in [0.1, 0.15) is 5.82 Å². The second-order valence-electron chi connectivity index (χ2n) is 2.82. The number of benzene rings is 1. The molecule has 0 saturated carbocycles. The highest BCUT2D eigenvalue weighted by atomic mass is 16.3. The molecule has 0 saturated heterocycles. The fourth-order valence-electron chi connectivity index (χ4n) is 1.23. The lowest BCUT2D eigenvalue weighted by Crippen LogP contribution is -2.04. The zero-order chi connectivity index (χ0) is 9.80. The quantitative estimate of drug-likeness (QED) is 0.750. The van der Waals surface area contributed by atoms with Crippen LogP contribution in [-0.2, 0) is 6.42 Å². The van der Waals surface area contributed by atoms with Gasteiger partial charge in [0.15, 0.2) is 5.82 Å². The Morgan fingerprint density at radius 3 is 2.71 bits per heavy atom. The van der Waals surface area contributed by atoms with Gasteiger partial charge < -0.3 is 5.11 Å². The van der Waals surface area contributed by atoms with Crippen LogP contribution in [0.2, 0.25) is 0 Å². The minimum atomic E-state index is 0.0488. The first-order chi connectivity index (χ1) is 6.92. The number of aromatic nitrogens is 4. The van der Waals surface area contributed by atoms with Crippen molar-refractivity contribution in [1.29, 1.82) is 0 Å². The van der Waals surface area contributed by atoms with Gasteiger partial charge in [-0.1, -0.05) is 18.2 Å². The van der Waals surface area contributed by atoms with Gasteiger partial charge in [-0.05, 0) is 22.6 Å². The average molecular weight is 190 g/mol. The Morgan fingerprint density at radius 1 is 1.21 bits per heavy atom. The van der Waals surface area contributed by atoms with Crippen molar-refractivity contribution in [2.75, 3.05) is 6.61 Å². The van der Waals surface area contributed by atoms with E-state index < -0.39 is 0 Å². The maximum Gasteiger partial charge on any atom is 0.158 e. The fraction of sp³-hybridized carbons (Fsp3) is 0.222. The Hall–Kier alpha value is -1.75. The van der Waals surface area contributed by atoms with Crippen molar-refractivity contribution in [3.05, 3.63) is 36.2 Å². The Bertz CT molecular complexity index is 398. The third-order valence-electron chi connectivity index (χ3n) is 1.87. The van der Waals surface area contributed by atoms with Crippen LogP contribution in [0.15, 0.2) is 30.3 Å². The number of nitrogens with zero attached hydrogens (tertiary/aromatic N) is 4. The monoisotopic (exact) mass is 190 g/mol. The normalized spacial score (nSPS) is 10.4. The number of aliphatic hydroxyl groups is 1. The fourth-order valence-corrected chi connectivity index (χ4v) is 1.23. The van der Waals surface area contributed by atoms with Gasteiger partial charge in [-0.2, -0.15) is 4.68 Å². The maximum atomic E-state index is 8.80. The van der Waals surface area contributed by atoms with Crippen LogP contribution < -0.4 is 0 Å². The third-order valence-corrected chi connectivity index (χ3v) is 1.87. The first kappa shape index (κ1) is 8.83. The zero-order valence-corrected chi connectivity index (χ0v) is 7.54. The first-order valence-corrected chi connectivity index (χ1v) is 4.35. The number of tetrazole rings is 1. The Labute approximate surface area is 81.0 Å². The van der Waals surface area contributed by atoms with Crippen LogP contribution in [-0.4, -0.2) is 31.9 Å². The smallest absolute Gasteiger partial charge is 0.158 e. The van der Waals surface area contributed by atoms with Crippen molar-refractivity contribution in [1.82, 2.24) is 20.2 Å². The second kappa shape index (κ2) is 3.97. The van der Waals surface area contributed by atoms with Crippen molar-refractivity contribution in [2.45, 2.75) is 6.42 Å². The molecular formula is C9H10N4O. The molecular weight excluding hydrogens is 180 g/mol. The molecule has 0 aliphatic heterocycles. The van der Waals surface area contributed by atoms with Gasteiger partial charge in [-0.3, -0.25) is 0 Å². The maximum absolute atomic E-state index is 8.80. The van der Waals surface area contributed by atoms with E-state index >= 15 is 0 Å². The molecule has 5 nitrogen and oxygen atoms in total. The van der Waals surface area contributed by atoms with Gasteiger partial charge in [-0.25, -0.2) is 0 Å². The van der Waals surface area contributed by atoms with E-state index in [1.54, 1.807) is 4.68 Å². The molecule has 0 spiro atoms. The van der Waals surface area contributed by atoms with Gasteiger partial charge in [0, 0.05) is 6.42 Å². The van der Waals surface area contributed by atoms with Crippen molar-refractivity contribution in [2.24, 2.45) is 0 Å². The van der Waals surface area contributed by atoms with Gasteiger partial charge >= 0.3 is 0 Å². The molecule has 2 aromatic rings. The third kappa shape index (κ3) is 1.62. The zero-order valence-electron chi connectivity index (χ0n) is 7.54. The molecule has 0 aliphatic rings. The summed E-state index contributed by atoms with van der Waals surface area (Å²) in [6.07, 6.45) is 0.460. The molecule has 72 valence electrons. The van der Waals surface area contributed by atoms with Crippen LogP contribution >= 0.6 is 0 Å². The van der Waals surface area contributed by atoms with E-state index in [4.69, 9.17) is 5.11 Å². The van der Waals surface area contributed by atoms with E-state index in [1.807, 2.05) is 30.3 Å². The van der Waals surface area contributed by atoms with E-state index in [0.29, 0.717) is 12.2 Å². The molecule has 0 bridgehead atoms. The summed E-state index contributed by atoms with van der Waals surface area (Å²) in [7, 11) is 0. The molecule has 0 radical (unpaired) electrons. The summed E-state index contributed by atoms with van der Waals surface area (Å²) in [6, 6.07) is 9.59. The summed E-state index contributed by atoms with van der Waals surface area (Å²) in [6.45, 7) is 0.0488. The molecule has 1 N–H and O–H groups in total. The van der Waals surface area contributed by atoms with Crippen molar-refractivity contribution < 1.29 is 5.11 Å². The average Bonchev–Trinajstić information content (AvgIpc) is 2.68. The summed E-state index contributed by atoms with van der Waals surface area (Å²) in [5.41, 5.74) is 0.904. The van der Waals surface area contributed by atoms with Crippen molar-refractivity contribution in [3.63, 3.8) is 0 Å². The molecule has 1 aromatic heterocycles. The lowest BCUT2D eigenvalue weighted by Gasteiger charge is -2.01. The standard InChI is InChI=1S/C9H10N4O/c14-7-6-9-10-11-12-13(9)8-4-2-1-3-5-8/h1-5,14H,6-7H2. The van der Waals surface area contributed by atoms with Crippen LogP contribution in [0.5, 0.6) is 0 Å². The summed E-state index contributed by atoms with van der Waals surface area (Å²) >= 11 is 0. The summed E-state index contributed by atoms with van der Waals surface area (Å²) < 4.78 is 1.62. The van der Waals surface area contributed by atoms with Gasteiger partial charge in [-0.15, -0.1) is 5.10 Å². The Balaban J connectivity index is 2.37. The number of rotatable bonds is 3. The minimum absolute atomic E-state index is 0.0488. The van der Waals surface area contributed by atoms with Gasteiger partial charge in [0.2, 0.25) is 0 Å². The molecule has 1 heterocycles. The van der Waals surface area contributed by atoms with Crippen LogP contribution in [0, 0.1) is 0 Å². The Morgan fingerprint density at radius 2 is 2.00 bits per heavy atom. The molecule has 5 heteroatoms. The number of hydrogen-bond acceptors (Lipinski definition) is 4. The highest BCUT2D eigenvalue weighted by Gasteiger charge is 2.05. The number of hydrogen-bond donors (Lipinski definition) is 1. The summed E-state index contributed by atoms with van der Waals surface area (Å²) in [5, 5.41) is 20.0. The highest BCUT2D eigenvalue weighted by Crippen LogP contribution is 2.06. The SMILES string of the molecule is OCCc1nnnn1-c1ccccc1. The molecule has 0 fully saturated rings. The van der Waals surface area contributed by atoms with E-state index in [0.717, 1.165) is 5.69 Å². The van der Waals surface area contributed by atoms with Crippen molar-refractivity contribution >= 4 is 0 Å². The highest BCUT2D eigenvalue weighted by molar-refractivity contribution is 5.30. The van der Waals surface area contributed by atoms with E-state index in [2.05, 4.69) is 15.5 Å². The summed E-state index contributed by atoms with van der Waals surface area (Å²) in [5.74, 6) is 0.665. The molecule has 0 aliphatic carbocycles. The molecule has 2 rings (SSSR count). The largest absolute Gasteiger partial charge is 0.396 e. The molecule has 0 atom stereocenters. The lowest BCUT2D eigenvalue weighted by molar-refractivity contribution is 0.295. The number of aliphatic hydroxyl groups excluding tert-OH is 1. The molecule has 0 unspecified atom stereocenters. The van der Waals surface area contributed by atoms with Crippen LogP contribution in [0.4, 0.5) is 0 Å². The minimum Gasteiger partial charge on any atom is -0.396 e. The topological polar surface area (TPSA) is 63.8 Å². The van der Waals surface area contributed by atoms with E-state index in [1.165, 1.54) is 0 Å². The predicted molar refractivity (Wildman–Crippen MR) is 49.9 cm³/mol. The number of para-hydroxylation sites is 1. The van der Waals surface area contributed by atoms with Gasteiger partial charge in [0.05, 0.1) is 12.3 Å². The van der Waals surface area contributed by atoms with Crippen molar-refractivity contribution in [3.8, 4) is 5.69 Å². The Kier molecular flexibility index (Phi) is 2.51.